The van der Waals surface area contributed by atoms with Gasteiger partial charge in [0, 0.05) is 12.2 Å². The van der Waals surface area contributed by atoms with Crippen molar-refractivity contribution in [3.63, 3.8) is 0 Å². The van der Waals surface area contributed by atoms with Crippen molar-refractivity contribution in [3.8, 4) is 6.07 Å². The first-order valence-electron chi connectivity index (χ1n) is 6.97. The summed E-state index contributed by atoms with van der Waals surface area (Å²) in [6.07, 6.45) is 7.96. The second kappa shape index (κ2) is 6.87. The summed E-state index contributed by atoms with van der Waals surface area (Å²) in [6.45, 7) is 0. The van der Waals surface area contributed by atoms with Crippen LogP contribution in [0.25, 0.3) is 0 Å². The summed E-state index contributed by atoms with van der Waals surface area (Å²) in [5.74, 6) is 0. The Bertz CT molecular complexity index is 626. The number of nitrogens with one attached hydrogen (secondary N) is 1. The molecule has 0 saturated heterocycles. The standard InChI is InChI=1S/C14H15N5S2/c15-8-10-6-7-12(16-9-10)20-14-19-18-13(21-14)17-11-4-2-1-3-5-11/h6-7,9,11H,1-5H2,(H,17,18). The molecule has 5 nitrogen and oxygen atoms in total. The highest BCUT2D eigenvalue weighted by molar-refractivity contribution is 8.01. The molecule has 0 spiro atoms. The molecule has 0 bridgehead atoms. The zero-order valence-corrected chi connectivity index (χ0v) is 13.1. The maximum absolute atomic E-state index is 8.75. The average Bonchev–Trinajstić information content (AvgIpc) is 2.96. The molecule has 1 aliphatic carbocycles. The van der Waals surface area contributed by atoms with E-state index in [1.54, 1.807) is 23.6 Å². The van der Waals surface area contributed by atoms with Gasteiger partial charge in [-0.1, -0.05) is 30.6 Å². The van der Waals surface area contributed by atoms with E-state index in [-0.39, 0.29) is 0 Å². The maximum atomic E-state index is 8.75. The molecule has 0 aliphatic heterocycles. The lowest BCUT2D eigenvalue weighted by atomic mass is 9.96. The summed E-state index contributed by atoms with van der Waals surface area (Å²) in [4.78, 5) is 4.23. The number of aromatic nitrogens is 3. The summed E-state index contributed by atoms with van der Waals surface area (Å²) in [7, 11) is 0. The van der Waals surface area contributed by atoms with E-state index < -0.39 is 0 Å². The van der Waals surface area contributed by atoms with E-state index in [1.807, 2.05) is 6.07 Å². The third kappa shape index (κ3) is 3.93. The van der Waals surface area contributed by atoms with Crippen molar-refractivity contribution in [1.29, 1.82) is 5.26 Å². The largest absolute Gasteiger partial charge is 0.357 e. The van der Waals surface area contributed by atoms with Crippen LogP contribution >= 0.6 is 23.1 Å². The molecule has 0 radical (unpaired) electrons. The van der Waals surface area contributed by atoms with Crippen molar-refractivity contribution in [1.82, 2.24) is 15.2 Å². The minimum absolute atomic E-state index is 0.539. The van der Waals surface area contributed by atoms with E-state index >= 15 is 0 Å². The van der Waals surface area contributed by atoms with Crippen LogP contribution in [0.4, 0.5) is 5.13 Å². The normalized spacial score (nSPS) is 15.6. The molecule has 21 heavy (non-hydrogen) atoms. The van der Waals surface area contributed by atoms with E-state index in [4.69, 9.17) is 5.26 Å². The Morgan fingerprint density at radius 1 is 1.24 bits per heavy atom. The fraction of sp³-hybridized carbons (Fsp3) is 0.429. The van der Waals surface area contributed by atoms with E-state index in [2.05, 4.69) is 26.6 Å². The Kier molecular flexibility index (Phi) is 4.68. The van der Waals surface area contributed by atoms with Gasteiger partial charge >= 0.3 is 0 Å². The molecule has 0 atom stereocenters. The Morgan fingerprint density at radius 3 is 2.81 bits per heavy atom. The Balaban J connectivity index is 1.60. The molecule has 1 N–H and O–H groups in total. The van der Waals surface area contributed by atoms with E-state index in [9.17, 15) is 0 Å². The number of pyridine rings is 1. The van der Waals surface area contributed by atoms with Crippen molar-refractivity contribution in [3.05, 3.63) is 23.9 Å². The fourth-order valence-corrected chi connectivity index (χ4v) is 4.04. The number of nitrogens with zero attached hydrogens (tertiary/aromatic N) is 4. The minimum atomic E-state index is 0.539. The number of nitriles is 1. The van der Waals surface area contributed by atoms with Crippen LogP contribution in [0.3, 0.4) is 0 Å². The molecule has 2 aromatic rings. The van der Waals surface area contributed by atoms with Gasteiger partial charge in [0.25, 0.3) is 0 Å². The molecular weight excluding hydrogens is 302 g/mol. The molecule has 2 aromatic heterocycles. The predicted octanol–water partition coefficient (Wildman–Crippen LogP) is 3.70. The van der Waals surface area contributed by atoms with Crippen LogP contribution in [0.5, 0.6) is 0 Å². The monoisotopic (exact) mass is 317 g/mol. The summed E-state index contributed by atoms with van der Waals surface area (Å²) >= 11 is 3.03. The summed E-state index contributed by atoms with van der Waals surface area (Å²) in [5.41, 5.74) is 0.566. The molecule has 3 rings (SSSR count). The van der Waals surface area contributed by atoms with Gasteiger partial charge in [0.2, 0.25) is 5.13 Å². The second-order valence-corrected chi connectivity index (χ2v) is 7.20. The molecule has 1 saturated carbocycles. The number of rotatable bonds is 4. The first-order chi connectivity index (χ1) is 10.3. The van der Waals surface area contributed by atoms with Gasteiger partial charge in [-0.2, -0.15) is 5.26 Å². The summed E-state index contributed by atoms with van der Waals surface area (Å²) in [6, 6.07) is 6.19. The van der Waals surface area contributed by atoms with Crippen LogP contribution in [0, 0.1) is 11.3 Å². The van der Waals surface area contributed by atoms with Crippen molar-refractivity contribution >= 4 is 28.2 Å². The van der Waals surface area contributed by atoms with Gasteiger partial charge < -0.3 is 5.32 Å². The highest BCUT2D eigenvalue weighted by Gasteiger charge is 2.15. The van der Waals surface area contributed by atoms with Crippen molar-refractivity contribution in [2.45, 2.75) is 47.5 Å². The Morgan fingerprint density at radius 2 is 2.10 bits per heavy atom. The number of hydrogen-bond acceptors (Lipinski definition) is 7. The highest BCUT2D eigenvalue weighted by Crippen LogP contribution is 2.32. The molecular formula is C14H15N5S2. The van der Waals surface area contributed by atoms with Gasteiger partial charge in [-0.3, -0.25) is 0 Å². The van der Waals surface area contributed by atoms with Gasteiger partial charge in [0.1, 0.15) is 11.1 Å². The minimum Gasteiger partial charge on any atom is -0.357 e. The lowest BCUT2D eigenvalue weighted by molar-refractivity contribution is 0.462. The van der Waals surface area contributed by atoms with Gasteiger partial charge in [0.15, 0.2) is 4.34 Å². The Hall–Kier alpha value is -1.65. The molecule has 0 unspecified atom stereocenters. The first-order valence-corrected chi connectivity index (χ1v) is 8.61. The lowest BCUT2D eigenvalue weighted by Crippen LogP contribution is -2.21. The van der Waals surface area contributed by atoms with Crippen LogP contribution in [0.2, 0.25) is 0 Å². The molecule has 0 amide bonds. The van der Waals surface area contributed by atoms with E-state index in [0.717, 1.165) is 14.5 Å². The van der Waals surface area contributed by atoms with Crippen LogP contribution in [0.15, 0.2) is 27.7 Å². The molecule has 7 heteroatoms. The lowest BCUT2D eigenvalue weighted by Gasteiger charge is -2.21. The SMILES string of the molecule is N#Cc1ccc(Sc2nnc(NC3CCCCC3)s2)nc1. The van der Waals surface area contributed by atoms with Crippen molar-refractivity contribution < 1.29 is 0 Å². The third-order valence-electron chi connectivity index (χ3n) is 3.40. The Labute approximate surface area is 131 Å². The zero-order chi connectivity index (χ0) is 14.5. The molecule has 2 heterocycles. The van der Waals surface area contributed by atoms with Crippen LogP contribution in [-0.4, -0.2) is 21.2 Å². The third-order valence-corrected chi connectivity index (χ3v) is 5.25. The molecule has 1 aliphatic rings. The fourth-order valence-electron chi connectivity index (χ4n) is 2.33. The van der Waals surface area contributed by atoms with E-state index in [1.165, 1.54) is 43.9 Å². The maximum Gasteiger partial charge on any atom is 0.206 e. The van der Waals surface area contributed by atoms with Crippen molar-refractivity contribution in [2.24, 2.45) is 0 Å². The van der Waals surface area contributed by atoms with Crippen molar-refractivity contribution in [2.75, 3.05) is 5.32 Å². The smallest absolute Gasteiger partial charge is 0.206 e. The van der Waals surface area contributed by atoms with Gasteiger partial charge in [-0.15, -0.1) is 10.2 Å². The van der Waals surface area contributed by atoms with Crippen LogP contribution in [-0.2, 0) is 0 Å². The van der Waals surface area contributed by atoms with Crippen LogP contribution in [0.1, 0.15) is 37.7 Å². The zero-order valence-electron chi connectivity index (χ0n) is 11.5. The number of hydrogen-bond donors (Lipinski definition) is 1. The molecule has 1 fully saturated rings. The predicted molar refractivity (Wildman–Crippen MR) is 83.5 cm³/mol. The first kappa shape index (κ1) is 14.3. The molecule has 108 valence electrons. The van der Waals surface area contributed by atoms with E-state index in [0.29, 0.717) is 11.6 Å². The highest BCUT2D eigenvalue weighted by atomic mass is 32.2. The topological polar surface area (TPSA) is 74.5 Å². The van der Waals surface area contributed by atoms with Gasteiger partial charge in [0.05, 0.1) is 5.56 Å². The van der Waals surface area contributed by atoms with Gasteiger partial charge in [-0.25, -0.2) is 4.98 Å². The second-order valence-electron chi connectivity index (χ2n) is 4.95. The molecule has 0 aromatic carbocycles. The summed E-state index contributed by atoms with van der Waals surface area (Å²) in [5, 5.41) is 22.3. The van der Waals surface area contributed by atoms with Crippen LogP contribution < -0.4 is 5.32 Å². The van der Waals surface area contributed by atoms with Gasteiger partial charge in [-0.05, 0) is 36.7 Å². The quantitative estimate of drug-likeness (QED) is 0.926. The average molecular weight is 317 g/mol. The number of anilines is 1. The summed E-state index contributed by atoms with van der Waals surface area (Å²) < 4.78 is 0.866.